The largest absolute Gasteiger partial charge is 0.327 e. The monoisotopic (exact) mass is 283 g/mol. The Labute approximate surface area is 115 Å². The fourth-order valence-corrected chi connectivity index (χ4v) is 3.55. The van der Waals surface area contributed by atoms with Crippen molar-refractivity contribution in [2.24, 2.45) is 5.73 Å². The van der Waals surface area contributed by atoms with Gasteiger partial charge in [0.2, 0.25) is 0 Å². The van der Waals surface area contributed by atoms with Crippen LogP contribution in [0.25, 0.3) is 0 Å². The fourth-order valence-electron chi connectivity index (χ4n) is 1.50. The Bertz CT molecular complexity index is 455. The molecule has 1 aromatic carbocycles. The zero-order chi connectivity index (χ0) is 12.1. The fraction of sp³-hybridized carbons (Fsp3) is 0.231. The lowest BCUT2D eigenvalue weighted by atomic mass is 10.2. The van der Waals surface area contributed by atoms with Crippen molar-refractivity contribution in [3.8, 4) is 0 Å². The summed E-state index contributed by atoms with van der Waals surface area (Å²) in [4.78, 5) is 2.53. The molecule has 0 fully saturated rings. The Morgan fingerprint density at radius 3 is 2.59 bits per heavy atom. The van der Waals surface area contributed by atoms with Crippen molar-refractivity contribution >= 4 is 34.7 Å². The first-order chi connectivity index (χ1) is 8.24. The number of thiophene rings is 1. The van der Waals surface area contributed by atoms with E-state index >= 15 is 0 Å². The van der Waals surface area contributed by atoms with Crippen LogP contribution in [0.4, 0.5) is 0 Å². The van der Waals surface area contributed by atoms with E-state index in [1.54, 1.807) is 23.1 Å². The molecule has 1 aromatic heterocycles. The number of benzene rings is 1. The standard InChI is InChI=1S/C13H14ClNS2/c14-13-7-6-12(17-13)8-10(15)9-16-11-4-2-1-3-5-11/h1-7,10H,8-9,15H2. The van der Waals surface area contributed by atoms with Gasteiger partial charge in [-0.25, -0.2) is 0 Å². The molecule has 0 saturated heterocycles. The molecule has 1 heterocycles. The van der Waals surface area contributed by atoms with E-state index in [2.05, 4.69) is 18.2 Å². The quantitative estimate of drug-likeness (QED) is 0.838. The highest BCUT2D eigenvalue weighted by Gasteiger charge is 2.07. The van der Waals surface area contributed by atoms with Crippen molar-refractivity contribution in [1.82, 2.24) is 0 Å². The van der Waals surface area contributed by atoms with Crippen LogP contribution >= 0.6 is 34.7 Å². The summed E-state index contributed by atoms with van der Waals surface area (Å²) in [7, 11) is 0. The first kappa shape index (κ1) is 13.0. The number of rotatable bonds is 5. The number of nitrogens with two attached hydrogens (primary N) is 1. The molecule has 1 unspecified atom stereocenters. The molecule has 0 saturated carbocycles. The molecule has 2 rings (SSSR count). The molecule has 0 aliphatic heterocycles. The topological polar surface area (TPSA) is 26.0 Å². The Morgan fingerprint density at radius 2 is 1.94 bits per heavy atom. The van der Waals surface area contributed by atoms with Crippen LogP contribution in [0.2, 0.25) is 4.34 Å². The number of halogens is 1. The predicted molar refractivity (Wildman–Crippen MR) is 78.2 cm³/mol. The van der Waals surface area contributed by atoms with Gasteiger partial charge in [-0.2, -0.15) is 0 Å². The molecule has 0 aliphatic carbocycles. The molecule has 0 spiro atoms. The van der Waals surface area contributed by atoms with Gasteiger partial charge in [0.05, 0.1) is 4.34 Å². The smallest absolute Gasteiger partial charge is 0.0931 e. The van der Waals surface area contributed by atoms with Gasteiger partial charge >= 0.3 is 0 Å². The van der Waals surface area contributed by atoms with E-state index in [0.29, 0.717) is 0 Å². The lowest BCUT2D eigenvalue weighted by Crippen LogP contribution is -2.25. The first-order valence-electron chi connectivity index (χ1n) is 5.41. The van der Waals surface area contributed by atoms with Crippen LogP contribution in [0.3, 0.4) is 0 Å². The summed E-state index contributed by atoms with van der Waals surface area (Å²) < 4.78 is 0.836. The van der Waals surface area contributed by atoms with Crippen LogP contribution in [0.5, 0.6) is 0 Å². The second kappa shape index (κ2) is 6.45. The van der Waals surface area contributed by atoms with Crippen molar-refractivity contribution in [1.29, 1.82) is 0 Å². The molecule has 0 radical (unpaired) electrons. The van der Waals surface area contributed by atoms with Gasteiger partial charge in [-0.1, -0.05) is 29.8 Å². The average Bonchev–Trinajstić information content (AvgIpc) is 2.73. The van der Waals surface area contributed by atoms with E-state index in [-0.39, 0.29) is 6.04 Å². The van der Waals surface area contributed by atoms with Crippen LogP contribution in [-0.4, -0.2) is 11.8 Å². The minimum Gasteiger partial charge on any atom is -0.327 e. The van der Waals surface area contributed by atoms with Crippen molar-refractivity contribution in [2.75, 3.05) is 5.75 Å². The maximum Gasteiger partial charge on any atom is 0.0931 e. The van der Waals surface area contributed by atoms with Gasteiger partial charge in [-0.3, -0.25) is 0 Å². The number of hydrogen-bond acceptors (Lipinski definition) is 3. The number of thioether (sulfide) groups is 1. The van der Waals surface area contributed by atoms with E-state index < -0.39 is 0 Å². The maximum atomic E-state index is 6.11. The van der Waals surface area contributed by atoms with Gasteiger partial charge in [0, 0.05) is 21.6 Å². The third kappa shape index (κ3) is 4.36. The maximum absolute atomic E-state index is 6.11. The summed E-state index contributed by atoms with van der Waals surface area (Å²) in [6, 6.07) is 14.5. The molecule has 0 aliphatic rings. The Kier molecular flexibility index (Phi) is 4.92. The Hall–Kier alpha value is -0.480. The second-order valence-electron chi connectivity index (χ2n) is 3.79. The van der Waals surface area contributed by atoms with Crippen LogP contribution in [0.15, 0.2) is 47.4 Å². The summed E-state index contributed by atoms with van der Waals surface area (Å²) in [6.45, 7) is 0. The van der Waals surface area contributed by atoms with Gasteiger partial charge in [0.15, 0.2) is 0 Å². The highest BCUT2D eigenvalue weighted by Crippen LogP contribution is 2.24. The van der Waals surface area contributed by atoms with Crippen LogP contribution < -0.4 is 5.73 Å². The summed E-state index contributed by atoms with van der Waals surface area (Å²) in [5.41, 5.74) is 6.11. The lowest BCUT2D eigenvalue weighted by Gasteiger charge is -2.09. The second-order valence-corrected chi connectivity index (χ2v) is 6.69. The first-order valence-corrected chi connectivity index (χ1v) is 7.59. The predicted octanol–water partition coefficient (Wildman–Crippen LogP) is 4.06. The molecule has 90 valence electrons. The third-order valence-electron chi connectivity index (χ3n) is 2.30. The molecular formula is C13H14ClNS2. The third-order valence-corrected chi connectivity index (χ3v) is 4.75. The Balaban J connectivity index is 1.80. The molecule has 0 amide bonds. The van der Waals surface area contributed by atoms with Gasteiger partial charge in [0.25, 0.3) is 0 Å². The van der Waals surface area contributed by atoms with Crippen molar-refractivity contribution in [2.45, 2.75) is 17.4 Å². The van der Waals surface area contributed by atoms with E-state index in [1.807, 2.05) is 24.3 Å². The minimum absolute atomic E-state index is 0.176. The van der Waals surface area contributed by atoms with Crippen molar-refractivity contribution < 1.29 is 0 Å². The van der Waals surface area contributed by atoms with Crippen LogP contribution in [0, 0.1) is 0 Å². The van der Waals surface area contributed by atoms with E-state index in [9.17, 15) is 0 Å². The zero-order valence-electron chi connectivity index (χ0n) is 9.30. The Morgan fingerprint density at radius 1 is 1.18 bits per heavy atom. The van der Waals surface area contributed by atoms with E-state index in [1.165, 1.54) is 9.77 Å². The van der Waals surface area contributed by atoms with Gasteiger partial charge < -0.3 is 5.73 Å². The molecular weight excluding hydrogens is 270 g/mol. The van der Waals surface area contributed by atoms with Gasteiger partial charge in [-0.15, -0.1) is 23.1 Å². The van der Waals surface area contributed by atoms with E-state index in [0.717, 1.165) is 16.5 Å². The average molecular weight is 284 g/mol. The van der Waals surface area contributed by atoms with Crippen molar-refractivity contribution in [3.05, 3.63) is 51.7 Å². The molecule has 1 atom stereocenters. The van der Waals surface area contributed by atoms with Crippen molar-refractivity contribution in [3.63, 3.8) is 0 Å². The molecule has 17 heavy (non-hydrogen) atoms. The van der Waals surface area contributed by atoms with E-state index in [4.69, 9.17) is 17.3 Å². The summed E-state index contributed by atoms with van der Waals surface area (Å²) >= 11 is 9.30. The SMILES string of the molecule is NC(CSc1ccccc1)Cc1ccc(Cl)s1. The molecule has 2 aromatic rings. The summed E-state index contributed by atoms with van der Waals surface area (Å²) in [6.07, 6.45) is 0.900. The highest BCUT2D eigenvalue weighted by atomic mass is 35.5. The van der Waals surface area contributed by atoms with Crippen LogP contribution in [-0.2, 0) is 6.42 Å². The highest BCUT2D eigenvalue weighted by molar-refractivity contribution is 7.99. The molecule has 4 heteroatoms. The van der Waals surface area contributed by atoms with Crippen LogP contribution in [0.1, 0.15) is 4.88 Å². The molecule has 2 N–H and O–H groups in total. The normalized spacial score (nSPS) is 12.6. The van der Waals surface area contributed by atoms with Gasteiger partial charge in [-0.05, 0) is 30.7 Å². The summed E-state index contributed by atoms with van der Waals surface area (Å²) in [5, 5.41) is 0. The lowest BCUT2D eigenvalue weighted by molar-refractivity contribution is 0.757. The molecule has 1 nitrogen and oxygen atoms in total. The minimum atomic E-state index is 0.176. The summed E-state index contributed by atoms with van der Waals surface area (Å²) in [5.74, 6) is 0.930. The number of hydrogen-bond donors (Lipinski definition) is 1. The van der Waals surface area contributed by atoms with Gasteiger partial charge in [0.1, 0.15) is 0 Å². The molecule has 0 bridgehead atoms. The zero-order valence-corrected chi connectivity index (χ0v) is 11.7.